The number of phenols is 2. The van der Waals surface area contributed by atoms with Crippen molar-refractivity contribution in [3.8, 4) is 11.5 Å². The molecule has 2 aromatic carbocycles. The molecule has 4 bridgehead atoms. The molecule has 0 spiro atoms. The van der Waals surface area contributed by atoms with E-state index in [1.165, 1.54) is 67.2 Å². The van der Waals surface area contributed by atoms with E-state index in [0.29, 0.717) is 16.9 Å². The first-order chi connectivity index (χ1) is 14.4. The fraction of sp³-hybridized carbons (Fsp3) is 0.571. The lowest BCUT2D eigenvalue weighted by molar-refractivity contribution is -0.0924. The van der Waals surface area contributed by atoms with Gasteiger partial charge in [0, 0.05) is 0 Å². The number of hydrogen-bond donors (Lipinski definition) is 2. The molecule has 30 heavy (non-hydrogen) atoms. The SMILES string of the molecule is CCc1cc(O)ccc1C12CC3CC(CC)(C1)CC(c1ccc(O)cc1CC)(C3)C2. The molecule has 0 aromatic heterocycles. The molecule has 0 amide bonds. The van der Waals surface area contributed by atoms with Gasteiger partial charge < -0.3 is 10.2 Å². The summed E-state index contributed by atoms with van der Waals surface area (Å²) in [6.07, 6.45) is 11.0. The summed E-state index contributed by atoms with van der Waals surface area (Å²) in [7, 11) is 0. The quantitative estimate of drug-likeness (QED) is 0.576. The Balaban J connectivity index is 1.70. The minimum atomic E-state index is 0.220. The Kier molecular flexibility index (Phi) is 4.51. The van der Waals surface area contributed by atoms with Gasteiger partial charge in [-0.3, -0.25) is 0 Å². The Morgan fingerprint density at radius 1 is 0.733 bits per heavy atom. The number of hydrogen-bond acceptors (Lipinski definition) is 2. The van der Waals surface area contributed by atoms with Crippen LogP contribution in [0.4, 0.5) is 0 Å². The van der Waals surface area contributed by atoms with Crippen molar-refractivity contribution < 1.29 is 10.2 Å². The normalized spacial score (nSPS) is 34.4. The summed E-state index contributed by atoms with van der Waals surface area (Å²) in [5, 5.41) is 20.3. The van der Waals surface area contributed by atoms with Crippen LogP contribution in [-0.2, 0) is 23.7 Å². The topological polar surface area (TPSA) is 40.5 Å². The number of aromatic hydroxyl groups is 2. The lowest BCUT2D eigenvalue weighted by Gasteiger charge is -2.67. The first-order valence-corrected chi connectivity index (χ1v) is 12.0. The Morgan fingerprint density at radius 3 is 1.67 bits per heavy atom. The number of phenolic OH excluding ortho intramolecular Hbond substituents is 2. The number of benzene rings is 2. The largest absolute Gasteiger partial charge is 0.508 e. The Hall–Kier alpha value is -1.96. The van der Waals surface area contributed by atoms with E-state index in [4.69, 9.17) is 0 Å². The van der Waals surface area contributed by atoms with Gasteiger partial charge in [-0.1, -0.05) is 39.3 Å². The molecule has 2 unspecified atom stereocenters. The Labute approximate surface area is 181 Å². The van der Waals surface area contributed by atoms with E-state index in [-0.39, 0.29) is 10.8 Å². The van der Waals surface area contributed by atoms with Crippen LogP contribution in [0.15, 0.2) is 36.4 Å². The van der Waals surface area contributed by atoms with Gasteiger partial charge in [0.15, 0.2) is 0 Å². The highest BCUT2D eigenvalue weighted by Gasteiger charge is 2.63. The highest BCUT2D eigenvalue weighted by atomic mass is 16.3. The maximum absolute atomic E-state index is 10.1. The molecule has 4 aliphatic rings. The molecule has 4 aliphatic carbocycles. The third-order valence-corrected chi connectivity index (χ3v) is 9.02. The van der Waals surface area contributed by atoms with Gasteiger partial charge >= 0.3 is 0 Å². The molecule has 2 heteroatoms. The monoisotopic (exact) mass is 404 g/mol. The van der Waals surface area contributed by atoms with E-state index in [0.717, 1.165) is 18.8 Å². The second kappa shape index (κ2) is 6.77. The first kappa shape index (κ1) is 20.0. The molecule has 0 radical (unpaired) electrons. The van der Waals surface area contributed by atoms with Crippen LogP contribution in [0.2, 0.25) is 0 Å². The zero-order chi connectivity index (χ0) is 21.1. The van der Waals surface area contributed by atoms with E-state index in [9.17, 15) is 10.2 Å². The van der Waals surface area contributed by atoms with Crippen LogP contribution in [0.5, 0.6) is 11.5 Å². The summed E-state index contributed by atoms with van der Waals surface area (Å²) >= 11 is 0. The third-order valence-electron chi connectivity index (χ3n) is 9.02. The van der Waals surface area contributed by atoms with Gasteiger partial charge in [-0.25, -0.2) is 0 Å². The van der Waals surface area contributed by atoms with Crippen molar-refractivity contribution in [2.45, 2.75) is 89.4 Å². The highest BCUT2D eigenvalue weighted by Crippen LogP contribution is 2.71. The molecule has 2 atom stereocenters. The molecule has 2 N–H and O–H groups in total. The fourth-order valence-corrected chi connectivity index (χ4v) is 8.41. The summed E-state index contributed by atoms with van der Waals surface area (Å²) in [4.78, 5) is 0. The zero-order valence-electron chi connectivity index (χ0n) is 18.8. The highest BCUT2D eigenvalue weighted by molar-refractivity contribution is 5.47. The molecule has 4 saturated carbocycles. The third kappa shape index (κ3) is 2.82. The van der Waals surface area contributed by atoms with Crippen LogP contribution in [0.3, 0.4) is 0 Å². The smallest absolute Gasteiger partial charge is 0.115 e. The minimum Gasteiger partial charge on any atom is -0.508 e. The van der Waals surface area contributed by atoms with E-state index in [1.807, 2.05) is 24.3 Å². The molecule has 6 rings (SSSR count). The zero-order valence-corrected chi connectivity index (χ0v) is 18.8. The van der Waals surface area contributed by atoms with E-state index >= 15 is 0 Å². The standard InChI is InChI=1S/C28H36O2/c1-4-20-11-22(29)7-9-24(20)27-14-19-13-26(6-3,16-27)17-28(15-19,18-27)25-10-8-23(30)12-21(25)5-2/h7-12,19,29-30H,4-6,13-18H2,1-3H3. The first-order valence-electron chi connectivity index (χ1n) is 12.0. The van der Waals surface area contributed by atoms with Crippen molar-refractivity contribution >= 4 is 0 Å². The molecule has 0 aliphatic heterocycles. The molecule has 2 aromatic rings. The van der Waals surface area contributed by atoms with Crippen molar-refractivity contribution in [2.24, 2.45) is 11.3 Å². The lowest BCUT2D eigenvalue weighted by atomic mass is 9.36. The van der Waals surface area contributed by atoms with Crippen LogP contribution in [0, 0.1) is 11.3 Å². The van der Waals surface area contributed by atoms with Gasteiger partial charge in [-0.2, -0.15) is 0 Å². The fourth-order valence-electron chi connectivity index (χ4n) is 8.41. The van der Waals surface area contributed by atoms with Gasteiger partial charge in [0.2, 0.25) is 0 Å². The maximum atomic E-state index is 10.1. The molecule has 2 nitrogen and oxygen atoms in total. The molecular formula is C28H36O2. The molecule has 4 fully saturated rings. The molecule has 160 valence electrons. The van der Waals surface area contributed by atoms with Crippen LogP contribution < -0.4 is 0 Å². The van der Waals surface area contributed by atoms with Crippen LogP contribution in [0.1, 0.15) is 88.0 Å². The minimum absolute atomic E-state index is 0.220. The Morgan fingerprint density at radius 2 is 1.23 bits per heavy atom. The summed E-state index contributed by atoms with van der Waals surface area (Å²) < 4.78 is 0. The average molecular weight is 405 g/mol. The van der Waals surface area contributed by atoms with E-state index in [1.54, 1.807) is 0 Å². The van der Waals surface area contributed by atoms with E-state index in [2.05, 4.69) is 32.9 Å². The predicted octanol–water partition coefficient (Wildman–Crippen LogP) is 6.79. The summed E-state index contributed by atoms with van der Waals surface area (Å²) in [5.41, 5.74) is 6.54. The van der Waals surface area contributed by atoms with Gasteiger partial charge in [0.25, 0.3) is 0 Å². The van der Waals surface area contributed by atoms with Crippen molar-refractivity contribution in [1.29, 1.82) is 0 Å². The Bertz CT molecular complexity index is 905. The van der Waals surface area contributed by atoms with Gasteiger partial charge in [-0.15, -0.1) is 0 Å². The number of rotatable bonds is 5. The van der Waals surface area contributed by atoms with Gasteiger partial charge in [-0.05, 0) is 120 Å². The summed E-state index contributed by atoms with van der Waals surface area (Å²) in [6.45, 7) is 6.85. The van der Waals surface area contributed by atoms with Crippen molar-refractivity contribution in [1.82, 2.24) is 0 Å². The second-order valence-corrected chi connectivity index (χ2v) is 10.8. The second-order valence-electron chi connectivity index (χ2n) is 10.8. The average Bonchev–Trinajstić information content (AvgIpc) is 2.72. The van der Waals surface area contributed by atoms with Crippen LogP contribution >= 0.6 is 0 Å². The summed E-state index contributed by atoms with van der Waals surface area (Å²) in [6, 6.07) is 12.3. The molecule has 0 heterocycles. The van der Waals surface area contributed by atoms with E-state index < -0.39 is 0 Å². The van der Waals surface area contributed by atoms with Crippen LogP contribution in [0.25, 0.3) is 0 Å². The lowest BCUT2D eigenvalue weighted by Crippen LogP contribution is -2.60. The predicted molar refractivity (Wildman–Crippen MR) is 122 cm³/mol. The molecule has 0 saturated heterocycles. The van der Waals surface area contributed by atoms with Gasteiger partial charge in [0.1, 0.15) is 11.5 Å². The van der Waals surface area contributed by atoms with Crippen molar-refractivity contribution in [3.63, 3.8) is 0 Å². The van der Waals surface area contributed by atoms with Crippen molar-refractivity contribution in [2.75, 3.05) is 0 Å². The summed E-state index contributed by atoms with van der Waals surface area (Å²) in [5.74, 6) is 1.57. The number of aryl methyl sites for hydroxylation is 2. The van der Waals surface area contributed by atoms with Crippen molar-refractivity contribution in [3.05, 3.63) is 58.7 Å². The maximum Gasteiger partial charge on any atom is 0.115 e. The molecular weight excluding hydrogens is 368 g/mol. The van der Waals surface area contributed by atoms with Crippen LogP contribution in [-0.4, -0.2) is 10.2 Å². The van der Waals surface area contributed by atoms with Gasteiger partial charge in [0.05, 0.1) is 0 Å².